The molecular formula is C7H12N4S. The van der Waals surface area contributed by atoms with Gasteiger partial charge in [-0.25, -0.2) is 4.68 Å². The van der Waals surface area contributed by atoms with Crippen molar-refractivity contribution < 1.29 is 0 Å². The molecule has 0 bridgehead atoms. The lowest BCUT2D eigenvalue weighted by Crippen LogP contribution is -2.26. The number of rotatable bonds is 2. The molecule has 12 heavy (non-hydrogen) atoms. The van der Waals surface area contributed by atoms with E-state index in [0.717, 1.165) is 5.82 Å². The summed E-state index contributed by atoms with van der Waals surface area (Å²) >= 11 is 5.10. The summed E-state index contributed by atoms with van der Waals surface area (Å²) in [6, 6.07) is 0. The fraction of sp³-hybridized carbons (Fsp3) is 0.714. The summed E-state index contributed by atoms with van der Waals surface area (Å²) < 4.78 is 2.63. The molecule has 1 fully saturated rings. The van der Waals surface area contributed by atoms with Crippen molar-refractivity contribution in [2.24, 2.45) is 0 Å². The lowest BCUT2D eigenvalue weighted by molar-refractivity contribution is 0.671. The van der Waals surface area contributed by atoms with Crippen LogP contribution in [0.1, 0.15) is 24.6 Å². The Morgan fingerprint density at radius 3 is 2.75 bits per heavy atom. The SMILES string of the molecule is CN(C)n1c(C2CC2)n[nH]c1=S. The third kappa shape index (κ3) is 1.14. The van der Waals surface area contributed by atoms with Crippen LogP contribution in [0.5, 0.6) is 0 Å². The molecule has 0 aliphatic heterocycles. The van der Waals surface area contributed by atoms with Crippen molar-refractivity contribution in [1.29, 1.82) is 0 Å². The molecule has 0 radical (unpaired) electrons. The molecule has 0 saturated heterocycles. The smallest absolute Gasteiger partial charge is 0.214 e. The number of nitrogens with zero attached hydrogens (tertiary/aromatic N) is 3. The fourth-order valence-electron chi connectivity index (χ4n) is 1.30. The second kappa shape index (κ2) is 2.58. The molecule has 0 spiro atoms. The van der Waals surface area contributed by atoms with E-state index in [1.54, 1.807) is 0 Å². The van der Waals surface area contributed by atoms with Crippen LogP contribution < -0.4 is 5.01 Å². The van der Waals surface area contributed by atoms with E-state index in [-0.39, 0.29) is 0 Å². The van der Waals surface area contributed by atoms with E-state index in [2.05, 4.69) is 10.2 Å². The van der Waals surface area contributed by atoms with Crippen molar-refractivity contribution >= 4 is 12.2 Å². The normalized spacial score (nSPS) is 16.5. The quantitative estimate of drug-likeness (QED) is 0.697. The molecule has 1 aliphatic rings. The zero-order chi connectivity index (χ0) is 8.72. The Morgan fingerprint density at radius 1 is 1.58 bits per heavy atom. The van der Waals surface area contributed by atoms with Gasteiger partial charge in [0.25, 0.3) is 0 Å². The van der Waals surface area contributed by atoms with E-state index in [1.165, 1.54) is 12.8 Å². The van der Waals surface area contributed by atoms with Crippen LogP contribution in [0.15, 0.2) is 0 Å². The molecule has 0 unspecified atom stereocenters. The molecule has 1 heterocycles. The summed E-state index contributed by atoms with van der Waals surface area (Å²) in [6.45, 7) is 0. The van der Waals surface area contributed by atoms with Crippen LogP contribution >= 0.6 is 12.2 Å². The summed E-state index contributed by atoms with van der Waals surface area (Å²) in [5, 5.41) is 8.97. The Morgan fingerprint density at radius 2 is 2.25 bits per heavy atom. The molecule has 5 heteroatoms. The minimum absolute atomic E-state index is 0.625. The highest BCUT2D eigenvalue weighted by atomic mass is 32.1. The highest BCUT2D eigenvalue weighted by molar-refractivity contribution is 7.71. The largest absolute Gasteiger partial charge is 0.315 e. The Hall–Kier alpha value is -0.840. The summed E-state index contributed by atoms with van der Waals surface area (Å²) in [4.78, 5) is 0. The average molecular weight is 184 g/mol. The lowest BCUT2D eigenvalue weighted by atomic mass is 10.4. The van der Waals surface area contributed by atoms with Crippen LogP contribution in [0, 0.1) is 4.77 Å². The predicted octanol–water partition coefficient (Wildman–Crippen LogP) is 1.02. The molecule has 0 amide bonds. The first kappa shape index (κ1) is 7.79. The molecular weight excluding hydrogens is 172 g/mol. The van der Waals surface area contributed by atoms with Gasteiger partial charge >= 0.3 is 0 Å². The van der Waals surface area contributed by atoms with Crippen molar-refractivity contribution in [1.82, 2.24) is 14.9 Å². The van der Waals surface area contributed by atoms with E-state index in [1.807, 2.05) is 23.8 Å². The van der Waals surface area contributed by atoms with Crippen LogP contribution in [0.4, 0.5) is 0 Å². The van der Waals surface area contributed by atoms with Gasteiger partial charge in [-0.2, -0.15) is 5.10 Å². The second-order valence-corrected chi connectivity index (χ2v) is 3.71. The van der Waals surface area contributed by atoms with Crippen molar-refractivity contribution in [3.05, 3.63) is 10.6 Å². The standard InChI is InChI=1S/C7H12N4S/c1-10(2)11-6(5-3-4-5)8-9-7(11)12/h5H,3-4H2,1-2H3,(H,9,12). The number of nitrogens with one attached hydrogen (secondary N) is 1. The minimum Gasteiger partial charge on any atom is -0.315 e. The first-order valence-corrected chi connectivity index (χ1v) is 4.46. The van der Waals surface area contributed by atoms with Gasteiger partial charge in [-0.05, 0) is 25.1 Å². The third-order valence-electron chi connectivity index (χ3n) is 2.02. The van der Waals surface area contributed by atoms with Crippen molar-refractivity contribution in [2.45, 2.75) is 18.8 Å². The summed E-state index contributed by atoms with van der Waals surface area (Å²) in [5.41, 5.74) is 0. The molecule has 1 aliphatic carbocycles. The van der Waals surface area contributed by atoms with Crippen LogP contribution in [0.2, 0.25) is 0 Å². The third-order valence-corrected chi connectivity index (χ3v) is 2.28. The Balaban J connectivity index is 2.46. The first-order valence-electron chi connectivity index (χ1n) is 4.05. The summed E-state index contributed by atoms with van der Waals surface area (Å²) in [5.74, 6) is 1.70. The van der Waals surface area contributed by atoms with Gasteiger partial charge in [0.05, 0.1) is 0 Å². The van der Waals surface area contributed by atoms with Gasteiger partial charge in [-0.3, -0.25) is 5.10 Å². The molecule has 4 nitrogen and oxygen atoms in total. The molecule has 1 aromatic heterocycles. The molecule has 2 rings (SSSR count). The zero-order valence-corrected chi connectivity index (χ0v) is 8.06. The first-order chi connectivity index (χ1) is 5.70. The molecule has 1 aromatic rings. The van der Waals surface area contributed by atoms with Crippen molar-refractivity contribution in [3.8, 4) is 0 Å². The van der Waals surface area contributed by atoms with Crippen LogP contribution in [0.3, 0.4) is 0 Å². The van der Waals surface area contributed by atoms with Crippen LogP contribution in [0.25, 0.3) is 0 Å². The highest BCUT2D eigenvalue weighted by Gasteiger charge is 2.29. The minimum atomic E-state index is 0.625. The summed E-state index contributed by atoms with van der Waals surface area (Å²) in [6.07, 6.45) is 2.49. The van der Waals surface area contributed by atoms with Gasteiger partial charge < -0.3 is 5.01 Å². The molecule has 66 valence electrons. The highest BCUT2D eigenvalue weighted by Crippen LogP contribution is 2.38. The maximum atomic E-state index is 5.10. The van der Waals surface area contributed by atoms with E-state index in [4.69, 9.17) is 12.2 Å². The molecule has 1 N–H and O–H groups in total. The Bertz CT molecular complexity index is 333. The van der Waals surface area contributed by atoms with Crippen molar-refractivity contribution in [2.75, 3.05) is 19.1 Å². The lowest BCUT2D eigenvalue weighted by Gasteiger charge is -2.15. The predicted molar refractivity (Wildman–Crippen MR) is 49.5 cm³/mol. The van der Waals surface area contributed by atoms with Crippen LogP contribution in [-0.4, -0.2) is 29.0 Å². The number of H-pyrrole nitrogens is 1. The maximum absolute atomic E-state index is 5.10. The molecule has 1 saturated carbocycles. The topological polar surface area (TPSA) is 36.9 Å². The van der Waals surface area contributed by atoms with E-state index < -0.39 is 0 Å². The molecule has 0 atom stereocenters. The monoisotopic (exact) mass is 184 g/mol. The van der Waals surface area contributed by atoms with Gasteiger partial charge in [0.1, 0.15) is 0 Å². The molecule has 0 aromatic carbocycles. The number of hydrogen-bond acceptors (Lipinski definition) is 3. The van der Waals surface area contributed by atoms with Gasteiger partial charge in [0, 0.05) is 20.0 Å². The van der Waals surface area contributed by atoms with Gasteiger partial charge in [0.15, 0.2) is 5.82 Å². The Kier molecular flexibility index (Phi) is 1.68. The second-order valence-electron chi connectivity index (χ2n) is 3.32. The van der Waals surface area contributed by atoms with Gasteiger partial charge in [-0.15, -0.1) is 0 Å². The Labute approximate surface area is 76.2 Å². The van der Waals surface area contributed by atoms with Gasteiger partial charge in [0.2, 0.25) is 4.77 Å². The number of hydrogen-bond donors (Lipinski definition) is 1. The number of aromatic amines is 1. The van der Waals surface area contributed by atoms with Crippen molar-refractivity contribution in [3.63, 3.8) is 0 Å². The van der Waals surface area contributed by atoms with E-state index in [0.29, 0.717) is 10.7 Å². The average Bonchev–Trinajstić information content (AvgIpc) is 2.75. The zero-order valence-electron chi connectivity index (χ0n) is 7.24. The number of aromatic nitrogens is 3. The maximum Gasteiger partial charge on any atom is 0.214 e. The van der Waals surface area contributed by atoms with Gasteiger partial charge in [-0.1, -0.05) is 0 Å². The summed E-state index contributed by atoms with van der Waals surface area (Å²) in [7, 11) is 3.94. The van der Waals surface area contributed by atoms with E-state index in [9.17, 15) is 0 Å². The van der Waals surface area contributed by atoms with E-state index >= 15 is 0 Å². The van der Waals surface area contributed by atoms with Crippen LogP contribution in [-0.2, 0) is 0 Å². The fourth-order valence-corrected chi connectivity index (χ4v) is 1.60.